The van der Waals surface area contributed by atoms with Crippen LogP contribution in [0.2, 0.25) is 0 Å². The van der Waals surface area contributed by atoms with Crippen molar-refractivity contribution in [3.63, 3.8) is 0 Å². The quantitative estimate of drug-likeness (QED) is 0.283. The SMILES string of the molecule is CCN(CC)C(=O)C1=C(C)N=c2s/c(=C/c3c(C)n(C)c4ccccc34)c(=O)n2[C@H]1c1c(OC)ccc2ccccc12. The highest BCUT2D eigenvalue weighted by Gasteiger charge is 2.36. The van der Waals surface area contributed by atoms with Crippen LogP contribution in [0, 0.1) is 6.92 Å². The van der Waals surface area contributed by atoms with Gasteiger partial charge < -0.3 is 14.2 Å². The summed E-state index contributed by atoms with van der Waals surface area (Å²) in [6.45, 7) is 8.97. The minimum Gasteiger partial charge on any atom is -0.496 e. The number of aryl methyl sites for hydroxylation is 1. The van der Waals surface area contributed by atoms with Crippen molar-refractivity contribution in [1.29, 1.82) is 0 Å². The summed E-state index contributed by atoms with van der Waals surface area (Å²) >= 11 is 1.36. The monoisotopic (exact) mass is 578 g/mol. The number of carbonyl (C=O) groups is 1. The molecule has 42 heavy (non-hydrogen) atoms. The Hall–Kier alpha value is -4.43. The van der Waals surface area contributed by atoms with E-state index in [1.165, 1.54) is 11.3 Å². The summed E-state index contributed by atoms with van der Waals surface area (Å²) in [5.41, 5.74) is 4.90. The van der Waals surface area contributed by atoms with Crippen molar-refractivity contribution in [2.75, 3.05) is 20.2 Å². The normalized spacial score (nSPS) is 15.3. The van der Waals surface area contributed by atoms with Gasteiger partial charge in [-0.25, -0.2) is 4.99 Å². The summed E-state index contributed by atoms with van der Waals surface area (Å²) in [6, 6.07) is 19.4. The van der Waals surface area contributed by atoms with Crippen LogP contribution in [-0.4, -0.2) is 40.1 Å². The molecule has 1 atom stereocenters. The van der Waals surface area contributed by atoms with E-state index in [1.54, 1.807) is 16.6 Å². The highest BCUT2D eigenvalue weighted by atomic mass is 32.1. The van der Waals surface area contributed by atoms with Gasteiger partial charge in [0, 0.05) is 47.9 Å². The molecule has 1 amide bonds. The maximum absolute atomic E-state index is 14.5. The lowest BCUT2D eigenvalue weighted by Crippen LogP contribution is -2.43. The van der Waals surface area contributed by atoms with Gasteiger partial charge in [-0.05, 0) is 56.7 Å². The van der Waals surface area contributed by atoms with Gasteiger partial charge in [-0.1, -0.05) is 59.9 Å². The summed E-state index contributed by atoms with van der Waals surface area (Å²) in [6.07, 6.45) is 1.98. The van der Waals surface area contributed by atoms with Crippen LogP contribution in [0.1, 0.15) is 43.6 Å². The molecule has 0 saturated heterocycles. The van der Waals surface area contributed by atoms with Crippen molar-refractivity contribution in [2.45, 2.75) is 33.7 Å². The number of para-hydroxylation sites is 1. The van der Waals surface area contributed by atoms with Crippen molar-refractivity contribution in [3.05, 3.63) is 108 Å². The third-order valence-electron chi connectivity index (χ3n) is 8.45. The number of likely N-dealkylation sites (N-methyl/N-ethyl adjacent to an activating group) is 1. The molecular weight excluding hydrogens is 544 g/mol. The average Bonchev–Trinajstić information content (AvgIpc) is 3.44. The molecule has 2 aromatic heterocycles. The molecule has 6 rings (SSSR count). The molecule has 7 nitrogen and oxygen atoms in total. The maximum Gasteiger partial charge on any atom is 0.271 e. The van der Waals surface area contributed by atoms with Crippen molar-refractivity contribution in [3.8, 4) is 5.75 Å². The molecule has 0 spiro atoms. The molecule has 0 unspecified atom stereocenters. The lowest BCUT2D eigenvalue weighted by molar-refractivity contribution is -0.127. The highest BCUT2D eigenvalue weighted by molar-refractivity contribution is 7.07. The van der Waals surface area contributed by atoms with Crippen LogP contribution >= 0.6 is 11.3 Å². The van der Waals surface area contributed by atoms with Crippen molar-refractivity contribution in [2.24, 2.45) is 12.0 Å². The van der Waals surface area contributed by atoms with Crippen LogP contribution in [0.25, 0.3) is 27.8 Å². The lowest BCUT2D eigenvalue weighted by atomic mass is 9.90. The number of hydrogen-bond acceptors (Lipinski definition) is 5. The van der Waals surface area contributed by atoms with Gasteiger partial charge in [-0.15, -0.1) is 0 Å². The molecule has 5 aromatic rings. The molecule has 0 fully saturated rings. The number of fused-ring (bicyclic) bond motifs is 3. The topological polar surface area (TPSA) is 68.8 Å². The van der Waals surface area contributed by atoms with Crippen molar-refractivity contribution in [1.82, 2.24) is 14.0 Å². The van der Waals surface area contributed by atoms with E-state index in [9.17, 15) is 9.59 Å². The van der Waals surface area contributed by atoms with E-state index in [-0.39, 0.29) is 11.5 Å². The van der Waals surface area contributed by atoms with Crippen LogP contribution in [0.3, 0.4) is 0 Å². The number of rotatable bonds is 6. The molecule has 3 heterocycles. The number of carbonyl (C=O) groups excluding carboxylic acids is 1. The second-order valence-corrected chi connectivity index (χ2v) is 11.5. The Morgan fingerprint density at radius 3 is 2.43 bits per heavy atom. The average molecular weight is 579 g/mol. The van der Waals surface area contributed by atoms with Crippen LogP contribution in [-0.2, 0) is 11.8 Å². The fourth-order valence-corrected chi connectivity index (χ4v) is 7.18. The first kappa shape index (κ1) is 27.7. The minimum absolute atomic E-state index is 0.125. The molecule has 3 aromatic carbocycles. The van der Waals surface area contributed by atoms with Crippen molar-refractivity contribution >= 4 is 45.0 Å². The minimum atomic E-state index is -0.703. The van der Waals surface area contributed by atoms with E-state index in [0.717, 1.165) is 38.5 Å². The Bertz CT molecular complexity index is 2090. The molecule has 214 valence electrons. The van der Waals surface area contributed by atoms with Gasteiger partial charge in [-0.3, -0.25) is 14.2 Å². The zero-order valence-corrected chi connectivity index (χ0v) is 25.6. The summed E-state index contributed by atoms with van der Waals surface area (Å²) < 4.78 is 10.3. The van der Waals surface area contributed by atoms with E-state index >= 15 is 0 Å². The molecule has 0 saturated carbocycles. The van der Waals surface area contributed by atoms with Gasteiger partial charge >= 0.3 is 0 Å². The van der Waals surface area contributed by atoms with E-state index in [0.29, 0.717) is 39.4 Å². The van der Waals surface area contributed by atoms with Gasteiger partial charge in [0.2, 0.25) is 0 Å². The zero-order chi connectivity index (χ0) is 29.7. The second-order valence-electron chi connectivity index (χ2n) is 10.5. The number of methoxy groups -OCH3 is 1. The number of nitrogens with zero attached hydrogens (tertiary/aromatic N) is 4. The zero-order valence-electron chi connectivity index (χ0n) is 24.8. The number of aromatic nitrogens is 2. The number of hydrogen-bond donors (Lipinski definition) is 0. The molecule has 0 radical (unpaired) electrons. The number of benzene rings is 3. The predicted molar refractivity (Wildman–Crippen MR) is 170 cm³/mol. The number of amides is 1. The Morgan fingerprint density at radius 2 is 1.71 bits per heavy atom. The van der Waals surface area contributed by atoms with E-state index in [1.807, 2.05) is 82.4 Å². The van der Waals surface area contributed by atoms with Crippen LogP contribution < -0.4 is 19.6 Å². The largest absolute Gasteiger partial charge is 0.496 e. The maximum atomic E-state index is 14.5. The van der Waals surface area contributed by atoms with Gasteiger partial charge in [0.25, 0.3) is 11.5 Å². The van der Waals surface area contributed by atoms with Gasteiger partial charge in [-0.2, -0.15) is 0 Å². The lowest BCUT2D eigenvalue weighted by Gasteiger charge is -2.30. The van der Waals surface area contributed by atoms with E-state index in [2.05, 4.69) is 23.6 Å². The van der Waals surface area contributed by atoms with Gasteiger partial charge in [0.15, 0.2) is 4.80 Å². The first-order chi connectivity index (χ1) is 20.3. The first-order valence-corrected chi connectivity index (χ1v) is 15.0. The summed E-state index contributed by atoms with van der Waals surface area (Å²) in [5.74, 6) is 0.498. The fourth-order valence-electron chi connectivity index (χ4n) is 6.15. The molecule has 0 bridgehead atoms. The summed E-state index contributed by atoms with van der Waals surface area (Å²) in [4.78, 5) is 35.8. The van der Waals surface area contributed by atoms with Gasteiger partial charge in [0.05, 0.1) is 22.9 Å². The third kappa shape index (κ3) is 4.20. The molecule has 1 aliphatic heterocycles. The molecule has 1 aliphatic rings. The smallest absolute Gasteiger partial charge is 0.271 e. The number of thiazole rings is 1. The van der Waals surface area contributed by atoms with Gasteiger partial charge in [0.1, 0.15) is 11.8 Å². The summed E-state index contributed by atoms with van der Waals surface area (Å²) in [5, 5.41) is 3.02. The molecular formula is C34H34N4O3S. The van der Waals surface area contributed by atoms with Crippen LogP contribution in [0.5, 0.6) is 5.75 Å². The fraction of sp³-hybridized carbons (Fsp3) is 0.265. The summed E-state index contributed by atoms with van der Waals surface area (Å²) in [7, 11) is 3.67. The van der Waals surface area contributed by atoms with Crippen LogP contribution in [0.15, 0.2) is 81.7 Å². The highest BCUT2D eigenvalue weighted by Crippen LogP contribution is 2.40. The first-order valence-electron chi connectivity index (χ1n) is 14.2. The van der Waals surface area contributed by atoms with E-state index in [4.69, 9.17) is 9.73 Å². The van der Waals surface area contributed by atoms with Crippen LogP contribution in [0.4, 0.5) is 0 Å². The predicted octanol–water partition coefficient (Wildman–Crippen LogP) is 5.07. The Balaban J connectivity index is 1.69. The standard InChI is InChI=1S/C34H34N4O3S/c1-7-37(8-2)33(40)29-20(3)35-34-38(31(29)30-23-14-10-9-13-22(23)17-18-27(30)41-6)32(39)28(42-34)19-25-21(4)36(5)26-16-12-11-15-24(25)26/h9-19,31H,7-8H2,1-6H3/b28-19+/t31-/m1/s1. The Labute approximate surface area is 248 Å². The number of ether oxygens (including phenoxy) is 1. The Morgan fingerprint density at radius 1 is 1.02 bits per heavy atom. The number of allylic oxidation sites excluding steroid dienone is 1. The Kier molecular flexibility index (Phi) is 7.10. The second kappa shape index (κ2) is 10.8. The third-order valence-corrected chi connectivity index (χ3v) is 9.43. The molecule has 0 N–H and O–H groups in total. The molecule has 8 heteroatoms. The van der Waals surface area contributed by atoms with Crippen molar-refractivity contribution < 1.29 is 9.53 Å². The molecule has 0 aliphatic carbocycles. The van der Waals surface area contributed by atoms with E-state index < -0.39 is 6.04 Å².